The highest BCUT2D eigenvalue weighted by Crippen LogP contribution is 2.32. The molecule has 5 heteroatoms. The van der Waals surface area contributed by atoms with Crippen LogP contribution in [0.5, 0.6) is 11.5 Å². The van der Waals surface area contributed by atoms with Gasteiger partial charge in [-0.15, -0.1) is 0 Å². The van der Waals surface area contributed by atoms with Gasteiger partial charge in [0, 0.05) is 15.6 Å². The summed E-state index contributed by atoms with van der Waals surface area (Å²) in [6, 6.07) is 20.2. The van der Waals surface area contributed by atoms with Gasteiger partial charge in [-0.05, 0) is 48.4 Å². The monoisotopic (exact) mass is 462 g/mol. The standard InChI is InChI=1S/C25H19BrO4/c1-2-29-23-14-17(9-12-22(23)30-15-16-7-10-18(26)11-8-16)13-21-24(27)19-5-3-4-6-20(19)25(21)28/h3-14H,2,15H2,1H3. The van der Waals surface area contributed by atoms with Gasteiger partial charge in [0.25, 0.3) is 0 Å². The second-order valence-corrected chi connectivity index (χ2v) is 7.73. The van der Waals surface area contributed by atoms with E-state index in [1.165, 1.54) is 0 Å². The third-order valence-corrected chi connectivity index (χ3v) is 5.32. The number of Topliss-reactive ketones (excluding diaryl/α,β-unsaturated/α-hetero) is 2. The maximum atomic E-state index is 12.6. The zero-order valence-corrected chi connectivity index (χ0v) is 17.9. The highest BCUT2D eigenvalue weighted by Gasteiger charge is 2.32. The first-order valence-electron chi connectivity index (χ1n) is 9.61. The molecule has 0 radical (unpaired) electrons. The van der Waals surface area contributed by atoms with Crippen LogP contribution in [0.15, 0.2) is 76.8 Å². The number of fused-ring (bicyclic) bond motifs is 1. The summed E-state index contributed by atoms with van der Waals surface area (Å²) in [4.78, 5) is 25.2. The SMILES string of the molecule is CCOc1cc(C=C2C(=O)c3ccccc3C2=O)ccc1OCc1ccc(Br)cc1. The minimum absolute atomic E-state index is 0.169. The molecule has 0 unspecified atom stereocenters. The third kappa shape index (κ3) is 4.07. The van der Waals surface area contributed by atoms with Crippen LogP contribution in [0.1, 0.15) is 38.8 Å². The van der Waals surface area contributed by atoms with Crippen LogP contribution in [0.2, 0.25) is 0 Å². The van der Waals surface area contributed by atoms with E-state index in [0.717, 1.165) is 10.0 Å². The van der Waals surface area contributed by atoms with Gasteiger partial charge in [0.1, 0.15) is 6.61 Å². The number of rotatable bonds is 6. The normalized spacial score (nSPS) is 12.7. The summed E-state index contributed by atoms with van der Waals surface area (Å²) in [7, 11) is 0. The first-order chi connectivity index (χ1) is 14.6. The molecule has 0 amide bonds. The van der Waals surface area contributed by atoms with Crippen molar-refractivity contribution >= 4 is 33.6 Å². The topological polar surface area (TPSA) is 52.6 Å². The summed E-state index contributed by atoms with van der Waals surface area (Å²) in [5, 5.41) is 0. The molecule has 0 spiro atoms. The Kier molecular flexibility index (Phi) is 5.81. The molecule has 30 heavy (non-hydrogen) atoms. The van der Waals surface area contributed by atoms with Gasteiger partial charge >= 0.3 is 0 Å². The van der Waals surface area contributed by atoms with E-state index in [0.29, 0.717) is 41.4 Å². The number of ether oxygens (including phenoxy) is 2. The Morgan fingerprint density at radius 1 is 0.833 bits per heavy atom. The minimum Gasteiger partial charge on any atom is -0.490 e. The fourth-order valence-electron chi connectivity index (χ4n) is 3.31. The summed E-state index contributed by atoms with van der Waals surface area (Å²) in [6.45, 7) is 2.77. The Hall–Kier alpha value is -3.18. The predicted molar refractivity (Wildman–Crippen MR) is 119 cm³/mol. The largest absolute Gasteiger partial charge is 0.490 e. The number of hydrogen-bond acceptors (Lipinski definition) is 4. The molecule has 4 nitrogen and oxygen atoms in total. The first kappa shape index (κ1) is 20.1. The Morgan fingerprint density at radius 2 is 1.50 bits per heavy atom. The minimum atomic E-state index is -0.246. The van der Waals surface area contributed by atoms with Crippen molar-refractivity contribution in [3.05, 3.63) is 99.0 Å². The maximum absolute atomic E-state index is 12.6. The molecule has 0 N–H and O–H groups in total. The molecule has 1 aliphatic rings. The molecule has 3 aromatic rings. The van der Waals surface area contributed by atoms with Crippen molar-refractivity contribution in [3.63, 3.8) is 0 Å². The molecular weight excluding hydrogens is 444 g/mol. The summed E-state index contributed by atoms with van der Waals surface area (Å²) in [6.07, 6.45) is 1.62. The van der Waals surface area contributed by atoms with Crippen molar-refractivity contribution < 1.29 is 19.1 Å². The fourth-order valence-corrected chi connectivity index (χ4v) is 3.58. The maximum Gasteiger partial charge on any atom is 0.197 e. The number of benzene rings is 3. The summed E-state index contributed by atoms with van der Waals surface area (Å²) < 4.78 is 12.7. The third-order valence-electron chi connectivity index (χ3n) is 4.79. The van der Waals surface area contributed by atoms with Gasteiger partial charge in [-0.25, -0.2) is 0 Å². The van der Waals surface area contributed by atoms with Crippen LogP contribution in [0, 0.1) is 0 Å². The lowest BCUT2D eigenvalue weighted by atomic mass is 10.1. The van der Waals surface area contributed by atoms with Crippen molar-refractivity contribution in [2.45, 2.75) is 13.5 Å². The molecule has 150 valence electrons. The van der Waals surface area contributed by atoms with E-state index >= 15 is 0 Å². The van der Waals surface area contributed by atoms with Crippen LogP contribution in [-0.2, 0) is 6.61 Å². The van der Waals surface area contributed by atoms with E-state index in [1.54, 1.807) is 42.5 Å². The van der Waals surface area contributed by atoms with E-state index in [4.69, 9.17) is 9.47 Å². The zero-order chi connectivity index (χ0) is 21.1. The lowest BCUT2D eigenvalue weighted by Gasteiger charge is -2.13. The molecule has 0 aliphatic heterocycles. The van der Waals surface area contributed by atoms with Gasteiger partial charge in [-0.2, -0.15) is 0 Å². The average Bonchev–Trinajstić information content (AvgIpc) is 3.00. The van der Waals surface area contributed by atoms with Crippen LogP contribution in [-0.4, -0.2) is 18.2 Å². The molecule has 0 bridgehead atoms. The van der Waals surface area contributed by atoms with Crippen molar-refractivity contribution in [2.75, 3.05) is 6.61 Å². The fraction of sp³-hybridized carbons (Fsp3) is 0.120. The Morgan fingerprint density at radius 3 is 2.13 bits per heavy atom. The second kappa shape index (κ2) is 8.67. The zero-order valence-electron chi connectivity index (χ0n) is 16.4. The van der Waals surface area contributed by atoms with Gasteiger partial charge in [0.15, 0.2) is 23.1 Å². The van der Waals surface area contributed by atoms with Crippen LogP contribution in [0.3, 0.4) is 0 Å². The van der Waals surface area contributed by atoms with Crippen molar-refractivity contribution in [3.8, 4) is 11.5 Å². The molecule has 1 aliphatic carbocycles. The van der Waals surface area contributed by atoms with Crippen molar-refractivity contribution in [1.82, 2.24) is 0 Å². The number of hydrogen-bond donors (Lipinski definition) is 0. The van der Waals surface area contributed by atoms with E-state index in [2.05, 4.69) is 15.9 Å². The van der Waals surface area contributed by atoms with Crippen LogP contribution >= 0.6 is 15.9 Å². The number of ketones is 2. The lowest BCUT2D eigenvalue weighted by Crippen LogP contribution is -2.02. The predicted octanol–water partition coefficient (Wildman–Crippen LogP) is 5.89. The number of carbonyl (C=O) groups excluding carboxylic acids is 2. The van der Waals surface area contributed by atoms with Crippen LogP contribution in [0.25, 0.3) is 6.08 Å². The molecule has 3 aromatic carbocycles. The Bertz CT molecular complexity index is 1110. The van der Waals surface area contributed by atoms with E-state index in [-0.39, 0.29) is 17.1 Å². The molecule has 0 saturated heterocycles. The molecular formula is C25H19BrO4. The molecule has 4 rings (SSSR count). The quantitative estimate of drug-likeness (QED) is 0.338. The Balaban J connectivity index is 1.59. The highest BCUT2D eigenvalue weighted by molar-refractivity contribution is 9.10. The lowest BCUT2D eigenvalue weighted by molar-refractivity contribution is 0.0990. The van der Waals surface area contributed by atoms with Gasteiger partial charge in [-0.3, -0.25) is 9.59 Å². The summed E-state index contributed by atoms with van der Waals surface area (Å²) in [5.74, 6) is 0.682. The van der Waals surface area contributed by atoms with E-state index in [1.807, 2.05) is 37.3 Å². The van der Waals surface area contributed by atoms with Gasteiger partial charge in [-0.1, -0.05) is 58.4 Å². The molecule has 0 saturated carbocycles. The van der Waals surface area contributed by atoms with Crippen LogP contribution < -0.4 is 9.47 Å². The van der Waals surface area contributed by atoms with Crippen molar-refractivity contribution in [2.24, 2.45) is 0 Å². The number of halogens is 1. The summed E-state index contributed by atoms with van der Waals surface area (Å²) in [5.41, 5.74) is 2.81. The van der Waals surface area contributed by atoms with E-state index < -0.39 is 0 Å². The molecule has 0 aromatic heterocycles. The van der Waals surface area contributed by atoms with Crippen LogP contribution in [0.4, 0.5) is 0 Å². The van der Waals surface area contributed by atoms with E-state index in [9.17, 15) is 9.59 Å². The second-order valence-electron chi connectivity index (χ2n) is 6.82. The smallest absolute Gasteiger partial charge is 0.197 e. The molecule has 0 heterocycles. The number of carbonyl (C=O) groups is 2. The number of allylic oxidation sites excluding steroid dienone is 1. The Labute approximate surface area is 183 Å². The summed E-state index contributed by atoms with van der Waals surface area (Å²) >= 11 is 3.42. The average molecular weight is 463 g/mol. The first-order valence-corrected chi connectivity index (χ1v) is 10.4. The molecule has 0 fully saturated rings. The van der Waals surface area contributed by atoms with Gasteiger partial charge in [0.05, 0.1) is 12.2 Å². The highest BCUT2D eigenvalue weighted by atomic mass is 79.9. The van der Waals surface area contributed by atoms with Crippen molar-refractivity contribution in [1.29, 1.82) is 0 Å². The van der Waals surface area contributed by atoms with Gasteiger partial charge in [0.2, 0.25) is 0 Å². The van der Waals surface area contributed by atoms with Gasteiger partial charge < -0.3 is 9.47 Å². The molecule has 0 atom stereocenters.